The van der Waals surface area contributed by atoms with E-state index in [-0.39, 0.29) is 17.1 Å². The normalized spacial score (nSPS) is 17.1. The van der Waals surface area contributed by atoms with Crippen LogP contribution >= 0.6 is 23.1 Å². The number of carbonyl (C=O) groups is 2. The number of rotatable bonds is 2. The SMILES string of the molecule is CC1Sc2ccc(C(=O)N/N=c3\sc4ccccc4n3C)cc2NC1=O. The Morgan fingerprint density at radius 1 is 1.27 bits per heavy atom. The number of anilines is 1. The molecule has 0 spiro atoms. The maximum Gasteiger partial charge on any atom is 0.271 e. The number of fused-ring (bicyclic) bond motifs is 2. The van der Waals surface area contributed by atoms with E-state index < -0.39 is 0 Å². The van der Waals surface area contributed by atoms with Gasteiger partial charge in [-0.05, 0) is 37.3 Å². The van der Waals surface area contributed by atoms with Crippen molar-refractivity contribution in [2.45, 2.75) is 17.1 Å². The van der Waals surface area contributed by atoms with Gasteiger partial charge in [0.2, 0.25) is 10.7 Å². The number of aromatic nitrogens is 1. The monoisotopic (exact) mass is 384 g/mol. The van der Waals surface area contributed by atoms with Crippen LogP contribution < -0.4 is 15.5 Å². The molecule has 3 aromatic rings. The summed E-state index contributed by atoms with van der Waals surface area (Å²) in [6, 6.07) is 13.3. The predicted molar refractivity (Wildman–Crippen MR) is 104 cm³/mol. The zero-order chi connectivity index (χ0) is 18.3. The Morgan fingerprint density at radius 2 is 2.08 bits per heavy atom. The van der Waals surface area contributed by atoms with Gasteiger partial charge in [-0.3, -0.25) is 9.59 Å². The van der Waals surface area contributed by atoms with Crippen molar-refractivity contribution in [1.82, 2.24) is 9.99 Å². The molecule has 1 unspecified atom stereocenters. The molecule has 0 bridgehead atoms. The third-order valence-corrected chi connectivity index (χ3v) is 6.43. The number of nitrogens with one attached hydrogen (secondary N) is 2. The van der Waals surface area contributed by atoms with E-state index in [0.717, 1.165) is 15.1 Å². The highest BCUT2D eigenvalue weighted by molar-refractivity contribution is 8.00. The summed E-state index contributed by atoms with van der Waals surface area (Å²) in [4.78, 5) is 25.9. The Hall–Kier alpha value is -2.58. The third-order valence-electron chi connectivity index (χ3n) is 4.14. The van der Waals surface area contributed by atoms with Crippen LogP contribution in [0, 0.1) is 0 Å². The van der Waals surface area contributed by atoms with Gasteiger partial charge in [0.15, 0.2) is 0 Å². The zero-order valence-electron chi connectivity index (χ0n) is 14.1. The van der Waals surface area contributed by atoms with Gasteiger partial charge < -0.3 is 9.88 Å². The number of nitrogens with zero attached hydrogens (tertiary/aromatic N) is 2. The summed E-state index contributed by atoms with van der Waals surface area (Å²) in [5.74, 6) is -0.370. The maximum absolute atomic E-state index is 12.4. The van der Waals surface area contributed by atoms with Crippen LogP contribution in [-0.4, -0.2) is 21.6 Å². The van der Waals surface area contributed by atoms with Gasteiger partial charge in [0, 0.05) is 17.5 Å². The van der Waals surface area contributed by atoms with Gasteiger partial charge in [-0.1, -0.05) is 23.5 Å². The maximum atomic E-state index is 12.4. The highest BCUT2D eigenvalue weighted by Gasteiger charge is 2.23. The lowest BCUT2D eigenvalue weighted by molar-refractivity contribution is -0.115. The summed E-state index contributed by atoms with van der Waals surface area (Å²) in [6.45, 7) is 1.85. The van der Waals surface area contributed by atoms with Crippen molar-refractivity contribution >= 4 is 50.8 Å². The summed E-state index contributed by atoms with van der Waals surface area (Å²) in [6.07, 6.45) is 0. The smallest absolute Gasteiger partial charge is 0.271 e. The number of benzene rings is 2. The van der Waals surface area contributed by atoms with Crippen molar-refractivity contribution in [2.24, 2.45) is 12.1 Å². The lowest BCUT2D eigenvalue weighted by Gasteiger charge is -2.21. The second kappa shape index (κ2) is 6.62. The van der Waals surface area contributed by atoms with Crippen LogP contribution in [0.25, 0.3) is 10.2 Å². The lowest BCUT2D eigenvalue weighted by atomic mass is 10.2. The summed E-state index contributed by atoms with van der Waals surface area (Å²) in [5.41, 5.74) is 4.78. The molecular weight excluding hydrogens is 368 g/mol. The highest BCUT2D eigenvalue weighted by Crippen LogP contribution is 2.35. The first-order valence-corrected chi connectivity index (χ1v) is 9.73. The molecule has 132 valence electrons. The molecule has 0 saturated carbocycles. The van der Waals surface area contributed by atoms with Gasteiger partial charge in [-0.25, -0.2) is 5.43 Å². The number of thiazole rings is 1. The van der Waals surface area contributed by atoms with E-state index in [0.29, 0.717) is 16.1 Å². The van der Waals surface area contributed by atoms with Crippen LogP contribution in [0.1, 0.15) is 17.3 Å². The second-order valence-corrected chi connectivity index (χ2v) is 8.32. The molecule has 0 saturated heterocycles. The summed E-state index contributed by atoms with van der Waals surface area (Å²) in [5, 5.41) is 6.95. The number of para-hydroxylation sites is 1. The zero-order valence-corrected chi connectivity index (χ0v) is 15.8. The molecule has 2 heterocycles. The number of thioether (sulfide) groups is 1. The van der Waals surface area contributed by atoms with E-state index in [1.807, 2.05) is 48.9 Å². The van der Waals surface area contributed by atoms with E-state index in [9.17, 15) is 9.59 Å². The highest BCUT2D eigenvalue weighted by atomic mass is 32.2. The number of aryl methyl sites for hydroxylation is 1. The topological polar surface area (TPSA) is 75.5 Å². The number of hydrogen-bond acceptors (Lipinski definition) is 5. The summed E-state index contributed by atoms with van der Waals surface area (Å²) >= 11 is 2.99. The van der Waals surface area contributed by atoms with Gasteiger partial charge in [-0.15, -0.1) is 16.9 Å². The van der Waals surface area contributed by atoms with Crippen LogP contribution in [0.4, 0.5) is 5.69 Å². The fourth-order valence-electron chi connectivity index (χ4n) is 2.70. The molecule has 0 fully saturated rings. The van der Waals surface area contributed by atoms with Gasteiger partial charge in [-0.2, -0.15) is 0 Å². The van der Waals surface area contributed by atoms with Crippen molar-refractivity contribution in [3.05, 3.63) is 52.8 Å². The fourth-order valence-corrected chi connectivity index (χ4v) is 4.61. The number of hydrogen-bond donors (Lipinski definition) is 2. The van der Waals surface area contributed by atoms with Crippen molar-refractivity contribution in [3.8, 4) is 0 Å². The summed E-state index contributed by atoms with van der Waals surface area (Å²) < 4.78 is 3.04. The van der Waals surface area contributed by atoms with Gasteiger partial charge in [0.1, 0.15) is 0 Å². The first kappa shape index (κ1) is 16.9. The molecule has 1 aliphatic heterocycles. The molecule has 2 N–H and O–H groups in total. The molecule has 1 atom stereocenters. The van der Waals surface area contributed by atoms with Crippen LogP contribution in [0.2, 0.25) is 0 Å². The average molecular weight is 384 g/mol. The Balaban J connectivity index is 1.59. The molecule has 26 heavy (non-hydrogen) atoms. The van der Waals surface area contributed by atoms with Crippen LogP contribution in [0.3, 0.4) is 0 Å². The number of carbonyl (C=O) groups excluding carboxylic acids is 2. The molecule has 0 aliphatic carbocycles. The van der Waals surface area contributed by atoms with Crippen molar-refractivity contribution in [2.75, 3.05) is 5.32 Å². The predicted octanol–water partition coefficient (Wildman–Crippen LogP) is 2.92. The van der Waals surface area contributed by atoms with Gasteiger partial charge >= 0.3 is 0 Å². The van der Waals surface area contributed by atoms with Crippen molar-refractivity contribution in [3.63, 3.8) is 0 Å². The molecule has 8 heteroatoms. The van der Waals surface area contributed by atoms with Crippen LogP contribution in [0.15, 0.2) is 52.5 Å². The lowest BCUT2D eigenvalue weighted by Crippen LogP contribution is -2.27. The minimum atomic E-state index is -0.317. The standard InChI is InChI=1S/C18H16N4O2S2/c1-10-16(23)19-12-9-11(7-8-14(12)25-10)17(24)20-21-18-22(2)13-5-3-4-6-15(13)26-18/h3-10H,1-2H3,(H,19,23)(H,20,24)/b21-18-. The van der Waals surface area contributed by atoms with E-state index in [1.54, 1.807) is 12.1 Å². The van der Waals surface area contributed by atoms with E-state index in [4.69, 9.17) is 0 Å². The molecule has 1 aliphatic rings. The molecule has 1 aromatic heterocycles. The Bertz CT molecular complexity index is 1100. The molecule has 0 radical (unpaired) electrons. The molecule has 6 nitrogen and oxygen atoms in total. The minimum Gasteiger partial charge on any atom is -0.324 e. The first-order valence-electron chi connectivity index (χ1n) is 8.03. The second-order valence-electron chi connectivity index (χ2n) is 5.92. The minimum absolute atomic E-state index is 0.0537. The quantitative estimate of drug-likeness (QED) is 0.667. The van der Waals surface area contributed by atoms with Crippen LogP contribution in [-0.2, 0) is 11.8 Å². The first-order chi connectivity index (χ1) is 12.5. The molecule has 2 aromatic carbocycles. The molecule has 4 rings (SSSR count). The Labute approximate surface area is 157 Å². The van der Waals surface area contributed by atoms with Crippen molar-refractivity contribution < 1.29 is 9.59 Å². The molecule has 2 amide bonds. The Kier molecular flexibility index (Phi) is 4.29. The summed E-state index contributed by atoms with van der Waals surface area (Å²) in [7, 11) is 1.91. The van der Waals surface area contributed by atoms with Gasteiger partial charge in [0.05, 0.1) is 21.2 Å². The van der Waals surface area contributed by atoms with Crippen molar-refractivity contribution in [1.29, 1.82) is 0 Å². The van der Waals surface area contributed by atoms with E-state index in [2.05, 4.69) is 15.8 Å². The number of amides is 2. The molecular formula is C18H16N4O2S2. The third kappa shape index (κ3) is 3.02. The average Bonchev–Trinajstić information content (AvgIpc) is 2.96. The van der Waals surface area contributed by atoms with E-state index in [1.165, 1.54) is 23.1 Å². The van der Waals surface area contributed by atoms with E-state index >= 15 is 0 Å². The largest absolute Gasteiger partial charge is 0.324 e. The fraction of sp³-hybridized carbons (Fsp3) is 0.167. The van der Waals surface area contributed by atoms with Gasteiger partial charge in [0.25, 0.3) is 5.91 Å². The Morgan fingerprint density at radius 3 is 2.88 bits per heavy atom. The van der Waals surface area contributed by atoms with Crippen LogP contribution in [0.5, 0.6) is 0 Å².